The summed E-state index contributed by atoms with van der Waals surface area (Å²) in [6.07, 6.45) is 1.72. The van der Waals surface area contributed by atoms with E-state index in [9.17, 15) is 13.6 Å². The molecule has 76 valence electrons. The first-order chi connectivity index (χ1) is 6.16. The standard InChI is InChI=1S/C10H16F2O/c1-2-7-5-3-4-6-8(7)9(13)10(11)12/h7-8,10H,2-6H2,1H3. The molecule has 2 unspecified atom stereocenters. The quantitative estimate of drug-likeness (QED) is 0.668. The normalized spacial score (nSPS) is 29.2. The minimum absolute atomic E-state index is 0.204. The molecule has 0 bridgehead atoms. The van der Waals surface area contributed by atoms with Gasteiger partial charge in [0, 0.05) is 5.92 Å². The number of alkyl halides is 2. The fraction of sp³-hybridized carbons (Fsp3) is 0.900. The van der Waals surface area contributed by atoms with E-state index in [0.29, 0.717) is 6.42 Å². The zero-order valence-corrected chi connectivity index (χ0v) is 7.93. The van der Waals surface area contributed by atoms with E-state index in [1.54, 1.807) is 0 Å². The van der Waals surface area contributed by atoms with E-state index in [0.717, 1.165) is 25.7 Å². The maximum Gasteiger partial charge on any atom is 0.296 e. The number of ketones is 1. The monoisotopic (exact) mass is 190 g/mol. The van der Waals surface area contributed by atoms with Crippen LogP contribution < -0.4 is 0 Å². The van der Waals surface area contributed by atoms with Crippen LogP contribution in [0.15, 0.2) is 0 Å². The Morgan fingerprint density at radius 2 is 2.00 bits per heavy atom. The van der Waals surface area contributed by atoms with Gasteiger partial charge < -0.3 is 0 Å². The highest BCUT2D eigenvalue weighted by Crippen LogP contribution is 2.33. The lowest BCUT2D eigenvalue weighted by atomic mass is 9.76. The summed E-state index contributed by atoms with van der Waals surface area (Å²) in [4.78, 5) is 11.1. The van der Waals surface area contributed by atoms with Crippen LogP contribution in [0.2, 0.25) is 0 Å². The number of halogens is 2. The average molecular weight is 190 g/mol. The average Bonchev–Trinajstić information content (AvgIpc) is 2.16. The number of hydrogen-bond donors (Lipinski definition) is 0. The summed E-state index contributed by atoms with van der Waals surface area (Å²) < 4.78 is 24.3. The molecule has 0 saturated heterocycles. The van der Waals surface area contributed by atoms with Crippen molar-refractivity contribution >= 4 is 5.78 Å². The Morgan fingerprint density at radius 3 is 2.54 bits per heavy atom. The Labute approximate surface area is 77.5 Å². The van der Waals surface area contributed by atoms with Crippen LogP contribution in [0.4, 0.5) is 8.78 Å². The van der Waals surface area contributed by atoms with Gasteiger partial charge in [-0.05, 0) is 18.8 Å². The summed E-state index contributed by atoms with van der Waals surface area (Å²) in [5.74, 6) is -0.986. The number of rotatable bonds is 3. The maximum atomic E-state index is 12.2. The zero-order valence-electron chi connectivity index (χ0n) is 7.93. The molecule has 1 nitrogen and oxygen atoms in total. The van der Waals surface area contributed by atoms with Gasteiger partial charge in [-0.2, -0.15) is 0 Å². The largest absolute Gasteiger partial charge is 0.296 e. The number of hydrogen-bond acceptors (Lipinski definition) is 1. The number of carbonyl (C=O) groups excluding carboxylic acids is 1. The third kappa shape index (κ3) is 2.48. The minimum Gasteiger partial charge on any atom is -0.293 e. The lowest BCUT2D eigenvalue weighted by Crippen LogP contribution is -2.30. The Hall–Kier alpha value is -0.470. The van der Waals surface area contributed by atoms with E-state index in [-0.39, 0.29) is 11.8 Å². The van der Waals surface area contributed by atoms with E-state index >= 15 is 0 Å². The molecule has 1 fully saturated rings. The Bertz CT molecular complexity index is 180. The summed E-state index contributed by atoms with van der Waals surface area (Å²) in [7, 11) is 0. The minimum atomic E-state index is -2.77. The van der Waals surface area contributed by atoms with Crippen molar-refractivity contribution in [2.45, 2.75) is 45.5 Å². The van der Waals surface area contributed by atoms with Gasteiger partial charge >= 0.3 is 0 Å². The van der Waals surface area contributed by atoms with Gasteiger partial charge in [0.1, 0.15) is 0 Å². The molecule has 0 heterocycles. The molecule has 0 aromatic rings. The molecule has 0 aromatic carbocycles. The van der Waals surface area contributed by atoms with Crippen molar-refractivity contribution < 1.29 is 13.6 Å². The van der Waals surface area contributed by atoms with Gasteiger partial charge in [-0.1, -0.05) is 26.2 Å². The third-order valence-electron chi connectivity index (χ3n) is 3.01. The number of carbonyl (C=O) groups is 1. The Kier molecular flexibility index (Phi) is 3.82. The summed E-state index contributed by atoms with van der Waals surface area (Å²) in [5, 5.41) is 0. The van der Waals surface area contributed by atoms with Crippen LogP contribution in [0.3, 0.4) is 0 Å². The van der Waals surface area contributed by atoms with E-state index < -0.39 is 12.2 Å². The van der Waals surface area contributed by atoms with Crippen molar-refractivity contribution in [3.05, 3.63) is 0 Å². The molecule has 1 saturated carbocycles. The number of Topliss-reactive ketones (excluding diaryl/α,β-unsaturated/α-hetero) is 1. The second-order valence-electron chi connectivity index (χ2n) is 3.76. The van der Waals surface area contributed by atoms with E-state index in [4.69, 9.17) is 0 Å². The molecule has 0 amide bonds. The van der Waals surface area contributed by atoms with Crippen molar-refractivity contribution in [2.24, 2.45) is 11.8 Å². The van der Waals surface area contributed by atoms with Gasteiger partial charge in [-0.15, -0.1) is 0 Å². The van der Waals surface area contributed by atoms with Gasteiger partial charge in [0.05, 0.1) is 0 Å². The van der Waals surface area contributed by atoms with E-state index in [1.165, 1.54) is 0 Å². The molecule has 0 aliphatic heterocycles. The molecule has 1 aliphatic carbocycles. The molecule has 13 heavy (non-hydrogen) atoms. The molecule has 0 aromatic heterocycles. The lowest BCUT2D eigenvalue weighted by Gasteiger charge is -2.29. The molecular weight excluding hydrogens is 174 g/mol. The fourth-order valence-electron chi connectivity index (χ4n) is 2.23. The highest BCUT2D eigenvalue weighted by molar-refractivity contribution is 5.84. The zero-order chi connectivity index (χ0) is 9.84. The second-order valence-corrected chi connectivity index (χ2v) is 3.76. The van der Waals surface area contributed by atoms with Gasteiger partial charge in [0.2, 0.25) is 5.78 Å². The molecule has 1 rings (SSSR count). The highest BCUT2D eigenvalue weighted by atomic mass is 19.3. The first-order valence-corrected chi connectivity index (χ1v) is 4.98. The van der Waals surface area contributed by atoms with Gasteiger partial charge in [0.25, 0.3) is 6.43 Å². The predicted molar refractivity (Wildman–Crippen MR) is 46.8 cm³/mol. The molecule has 2 atom stereocenters. The van der Waals surface area contributed by atoms with Crippen LogP contribution in [0.1, 0.15) is 39.0 Å². The van der Waals surface area contributed by atoms with Crippen LogP contribution in [0.5, 0.6) is 0 Å². The summed E-state index contributed by atoms with van der Waals surface area (Å²) in [6.45, 7) is 1.97. The van der Waals surface area contributed by atoms with Crippen molar-refractivity contribution in [3.8, 4) is 0 Å². The SMILES string of the molecule is CCC1CCCCC1C(=O)C(F)F. The Morgan fingerprint density at radius 1 is 1.38 bits per heavy atom. The van der Waals surface area contributed by atoms with Crippen LogP contribution in [0.25, 0.3) is 0 Å². The fourth-order valence-corrected chi connectivity index (χ4v) is 2.23. The van der Waals surface area contributed by atoms with Crippen LogP contribution in [0, 0.1) is 11.8 Å². The van der Waals surface area contributed by atoms with Crippen LogP contribution >= 0.6 is 0 Å². The third-order valence-corrected chi connectivity index (χ3v) is 3.01. The van der Waals surface area contributed by atoms with Crippen molar-refractivity contribution in [1.29, 1.82) is 0 Å². The molecule has 0 spiro atoms. The molecule has 1 aliphatic rings. The van der Waals surface area contributed by atoms with E-state index in [2.05, 4.69) is 0 Å². The first-order valence-electron chi connectivity index (χ1n) is 4.98. The molecule has 3 heteroatoms. The Balaban J connectivity index is 2.58. The van der Waals surface area contributed by atoms with Crippen molar-refractivity contribution in [2.75, 3.05) is 0 Å². The van der Waals surface area contributed by atoms with E-state index in [1.807, 2.05) is 6.92 Å². The van der Waals surface area contributed by atoms with Gasteiger partial charge in [-0.25, -0.2) is 8.78 Å². The lowest BCUT2D eigenvalue weighted by molar-refractivity contribution is -0.136. The first kappa shape index (κ1) is 10.6. The summed E-state index contributed by atoms with van der Waals surface area (Å²) in [5.41, 5.74) is 0. The molecular formula is C10H16F2O. The molecule has 0 N–H and O–H groups in total. The summed E-state index contributed by atoms with van der Waals surface area (Å²) in [6, 6.07) is 0. The smallest absolute Gasteiger partial charge is 0.293 e. The van der Waals surface area contributed by atoms with Crippen LogP contribution in [-0.4, -0.2) is 12.2 Å². The van der Waals surface area contributed by atoms with Crippen molar-refractivity contribution in [3.63, 3.8) is 0 Å². The van der Waals surface area contributed by atoms with Crippen LogP contribution in [-0.2, 0) is 4.79 Å². The van der Waals surface area contributed by atoms with Gasteiger partial charge in [0.15, 0.2) is 0 Å². The highest BCUT2D eigenvalue weighted by Gasteiger charge is 2.33. The maximum absolute atomic E-state index is 12.2. The summed E-state index contributed by atoms with van der Waals surface area (Å²) >= 11 is 0. The topological polar surface area (TPSA) is 17.1 Å². The van der Waals surface area contributed by atoms with Crippen molar-refractivity contribution in [1.82, 2.24) is 0 Å². The predicted octanol–water partition coefficient (Wildman–Crippen LogP) is 3.04. The second kappa shape index (κ2) is 4.68. The molecule has 0 radical (unpaired) electrons. The van der Waals surface area contributed by atoms with Gasteiger partial charge in [-0.3, -0.25) is 4.79 Å².